The highest BCUT2D eigenvalue weighted by Crippen LogP contribution is 2.29. The lowest BCUT2D eigenvalue weighted by atomic mass is 10.3. The van der Waals surface area contributed by atoms with Crippen molar-refractivity contribution in [2.45, 2.75) is 17.0 Å². The van der Waals surface area contributed by atoms with Crippen LogP contribution in [0.25, 0.3) is 5.65 Å². The summed E-state index contributed by atoms with van der Waals surface area (Å²) in [6.45, 7) is 1.74. The Morgan fingerprint density at radius 2 is 2.07 bits per heavy atom. The van der Waals surface area contributed by atoms with Crippen LogP contribution >= 0.6 is 46.3 Å². The second kappa shape index (κ2) is 8.64. The van der Waals surface area contributed by atoms with Crippen molar-refractivity contribution in [1.82, 2.24) is 19.8 Å². The minimum atomic E-state index is -0.526. The number of hydrogen-bond acceptors (Lipinski definition) is 8. The Morgan fingerprint density at radius 1 is 1.23 bits per heavy atom. The van der Waals surface area contributed by atoms with E-state index < -0.39 is 6.03 Å². The van der Waals surface area contributed by atoms with Gasteiger partial charge < -0.3 is 9.84 Å². The summed E-state index contributed by atoms with van der Waals surface area (Å²) in [5.41, 5.74) is 1.12. The molecule has 0 saturated heterocycles. The normalized spacial score (nSPS) is 11.0. The average molecular weight is 483 g/mol. The molecule has 0 saturated carbocycles. The maximum absolute atomic E-state index is 12.2. The first-order chi connectivity index (χ1) is 14.4. The van der Waals surface area contributed by atoms with Gasteiger partial charge in [-0.1, -0.05) is 46.3 Å². The molecule has 9 nitrogen and oxygen atoms in total. The van der Waals surface area contributed by atoms with Crippen molar-refractivity contribution >= 4 is 68.8 Å². The number of halogens is 2. The Kier molecular flexibility index (Phi) is 5.95. The van der Waals surface area contributed by atoms with Gasteiger partial charge in [-0.25, -0.2) is 9.78 Å². The highest BCUT2D eigenvalue weighted by Gasteiger charge is 2.12. The third-order valence-corrected chi connectivity index (χ3v) is 6.24. The Hall–Kier alpha value is -2.60. The van der Waals surface area contributed by atoms with Crippen LogP contribution in [0.4, 0.5) is 15.6 Å². The summed E-state index contributed by atoms with van der Waals surface area (Å²) in [5, 5.41) is 14.3. The van der Waals surface area contributed by atoms with Crippen LogP contribution < -0.4 is 16.2 Å². The summed E-state index contributed by atoms with van der Waals surface area (Å²) >= 11 is 14.5. The van der Waals surface area contributed by atoms with Crippen molar-refractivity contribution in [1.29, 1.82) is 0 Å². The van der Waals surface area contributed by atoms with E-state index in [2.05, 4.69) is 25.8 Å². The van der Waals surface area contributed by atoms with Crippen molar-refractivity contribution < 1.29 is 9.32 Å². The number of urea groups is 1. The Morgan fingerprint density at radius 3 is 2.90 bits per heavy atom. The molecule has 13 heteroatoms. The Balaban J connectivity index is 1.38. The lowest BCUT2D eigenvalue weighted by molar-refractivity contribution is 0.262. The van der Waals surface area contributed by atoms with Crippen LogP contribution in [-0.4, -0.2) is 25.8 Å². The Labute approximate surface area is 187 Å². The number of fused-ring (bicyclic) bond motifs is 1. The van der Waals surface area contributed by atoms with Crippen molar-refractivity contribution in [3.05, 3.63) is 62.2 Å². The van der Waals surface area contributed by atoms with E-state index in [9.17, 15) is 9.59 Å². The molecule has 30 heavy (non-hydrogen) atoms. The molecule has 0 radical (unpaired) electrons. The van der Waals surface area contributed by atoms with Gasteiger partial charge in [0, 0.05) is 22.9 Å². The fraction of sp³-hybridized carbons (Fsp3) is 0.118. The molecule has 4 aromatic rings. The molecule has 0 atom stereocenters. The Bertz CT molecular complexity index is 1300. The van der Waals surface area contributed by atoms with Crippen LogP contribution in [0.1, 0.15) is 11.5 Å². The molecule has 0 fully saturated rings. The lowest BCUT2D eigenvalue weighted by Gasteiger charge is -2.07. The quantitative estimate of drug-likeness (QED) is 0.313. The zero-order valence-corrected chi connectivity index (χ0v) is 18.3. The number of nitrogens with one attached hydrogen (secondary N) is 2. The molecule has 0 aliphatic carbocycles. The maximum Gasteiger partial charge on any atom is 0.325 e. The summed E-state index contributed by atoms with van der Waals surface area (Å²) in [6, 6.07) is 7.32. The summed E-state index contributed by atoms with van der Waals surface area (Å²) in [7, 11) is 0. The molecule has 0 bridgehead atoms. The molecule has 0 spiro atoms. The number of nitrogens with zero attached hydrogens (tertiary/aromatic N) is 4. The van der Waals surface area contributed by atoms with E-state index in [1.807, 2.05) is 0 Å². The fourth-order valence-electron chi connectivity index (χ4n) is 2.45. The second-order valence-corrected chi connectivity index (χ2v) is 8.99. The molecule has 2 amide bonds. The topological polar surface area (TPSA) is 114 Å². The van der Waals surface area contributed by atoms with Gasteiger partial charge in [0.2, 0.25) is 5.13 Å². The van der Waals surface area contributed by atoms with Crippen molar-refractivity contribution in [3.63, 3.8) is 0 Å². The van der Waals surface area contributed by atoms with Crippen LogP contribution in [0.3, 0.4) is 0 Å². The summed E-state index contributed by atoms with van der Waals surface area (Å²) in [5.74, 6) is 1.01. The first-order valence-corrected chi connectivity index (χ1v) is 10.9. The van der Waals surface area contributed by atoms with Gasteiger partial charge >= 0.3 is 6.03 Å². The largest absolute Gasteiger partial charge is 0.375 e. The molecular weight excluding hydrogens is 471 g/mol. The van der Waals surface area contributed by atoms with Crippen LogP contribution in [0.2, 0.25) is 10.0 Å². The van der Waals surface area contributed by atoms with E-state index >= 15 is 0 Å². The number of anilines is 2. The van der Waals surface area contributed by atoms with Crippen LogP contribution in [-0.2, 0) is 5.75 Å². The third kappa shape index (κ3) is 4.75. The number of thioether (sulfide) groups is 1. The fourth-order valence-corrected chi connectivity index (χ4v) is 4.42. The van der Waals surface area contributed by atoms with Gasteiger partial charge in [-0.3, -0.25) is 10.1 Å². The lowest BCUT2D eigenvalue weighted by Crippen LogP contribution is -2.19. The molecule has 0 aliphatic heterocycles. The molecule has 2 N–H and O–H groups in total. The number of rotatable bonds is 5. The molecule has 3 heterocycles. The molecule has 0 unspecified atom stereocenters. The van der Waals surface area contributed by atoms with E-state index in [0.717, 1.165) is 4.57 Å². The molecule has 0 aliphatic rings. The predicted molar refractivity (Wildman–Crippen MR) is 117 cm³/mol. The molecular formula is C17H12Cl2N6O3S2. The van der Waals surface area contributed by atoms with Gasteiger partial charge in [-0.2, -0.15) is 0 Å². The van der Waals surface area contributed by atoms with E-state index in [4.69, 9.17) is 27.7 Å². The minimum absolute atomic E-state index is 0.292. The number of amides is 2. The number of aryl methyl sites for hydroxylation is 1. The van der Waals surface area contributed by atoms with E-state index in [1.54, 1.807) is 31.2 Å². The highest BCUT2D eigenvalue weighted by atomic mass is 35.5. The third-order valence-electron chi connectivity index (χ3n) is 3.67. The van der Waals surface area contributed by atoms with Gasteiger partial charge in [0.1, 0.15) is 5.76 Å². The van der Waals surface area contributed by atoms with Gasteiger partial charge in [-0.15, -0.1) is 14.8 Å². The molecule has 154 valence electrons. The zero-order chi connectivity index (χ0) is 21.3. The zero-order valence-electron chi connectivity index (χ0n) is 15.2. The van der Waals surface area contributed by atoms with Crippen molar-refractivity contribution in [2.24, 2.45) is 0 Å². The standard InChI is InChI=1S/C17H12Cl2N6O3S2/c1-8-4-13-20-10(6-14(26)25(13)28-8)7-29-17-24-23-16(30-17)22-15(27)21-12-5-9(18)2-3-11(12)19/h2-6H,7H2,1H3,(H2,21,22,23,27). The number of hydrogen-bond donors (Lipinski definition) is 2. The number of carbonyl (C=O) groups excluding carboxylic acids is 1. The van der Waals surface area contributed by atoms with Gasteiger partial charge in [0.05, 0.1) is 16.4 Å². The monoisotopic (exact) mass is 482 g/mol. The molecule has 4 rings (SSSR count). The van der Waals surface area contributed by atoms with Gasteiger partial charge in [-0.05, 0) is 25.1 Å². The maximum atomic E-state index is 12.2. The van der Waals surface area contributed by atoms with Gasteiger partial charge in [0.15, 0.2) is 9.99 Å². The number of benzene rings is 1. The second-order valence-electron chi connectivity index (χ2n) is 5.95. The highest BCUT2D eigenvalue weighted by molar-refractivity contribution is 8.00. The first-order valence-electron chi connectivity index (χ1n) is 8.36. The van der Waals surface area contributed by atoms with Crippen molar-refractivity contribution in [3.8, 4) is 0 Å². The van der Waals surface area contributed by atoms with Crippen LogP contribution in [0, 0.1) is 6.92 Å². The SMILES string of the molecule is Cc1cc2nc(CSc3nnc(NC(=O)Nc4cc(Cl)ccc4Cl)s3)cc(=O)n2o1. The number of carbonyl (C=O) groups is 1. The van der Waals surface area contributed by atoms with Crippen molar-refractivity contribution in [2.75, 3.05) is 10.6 Å². The first kappa shape index (κ1) is 20.7. The minimum Gasteiger partial charge on any atom is -0.375 e. The average Bonchev–Trinajstić information content (AvgIpc) is 3.29. The summed E-state index contributed by atoms with van der Waals surface area (Å²) in [4.78, 5) is 28.6. The van der Waals surface area contributed by atoms with E-state index in [0.29, 0.717) is 48.1 Å². The number of aromatic nitrogens is 4. The van der Waals surface area contributed by atoms with E-state index in [1.165, 1.54) is 29.2 Å². The summed E-state index contributed by atoms with van der Waals surface area (Å²) < 4.78 is 7.01. The van der Waals surface area contributed by atoms with Crippen LogP contribution in [0.15, 0.2) is 44.0 Å². The van der Waals surface area contributed by atoms with E-state index in [-0.39, 0.29) is 5.56 Å². The smallest absolute Gasteiger partial charge is 0.325 e. The molecule has 3 aromatic heterocycles. The molecule has 1 aromatic carbocycles. The predicted octanol–water partition coefficient (Wildman–Crippen LogP) is 4.69. The van der Waals surface area contributed by atoms with Crippen LogP contribution in [0.5, 0.6) is 0 Å². The summed E-state index contributed by atoms with van der Waals surface area (Å²) in [6.07, 6.45) is 0. The van der Waals surface area contributed by atoms with Gasteiger partial charge in [0.25, 0.3) is 5.56 Å².